The third-order valence-electron chi connectivity index (χ3n) is 10.9. The van der Waals surface area contributed by atoms with Crippen molar-refractivity contribution in [2.45, 2.75) is 67.5 Å². The smallest absolute Gasteiger partial charge is 0.341 e. The molecule has 0 aliphatic rings. The molecule has 1 amide bonds. The van der Waals surface area contributed by atoms with Gasteiger partial charge in [0.15, 0.2) is 11.3 Å². The molecule has 8 aromatic heterocycles. The zero-order valence-corrected chi connectivity index (χ0v) is 38.6. The zero-order valence-electron chi connectivity index (χ0n) is 38.6. The van der Waals surface area contributed by atoms with E-state index in [2.05, 4.69) is 84.1 Å². The van der Waals surface area contributed by atoms with Crippen LogP contribution in [-0.4, -0.2) is 116 Å². The summed E-state index contributed by atoms with van der Waals surface area (Å²) < 4.78 is 7.32. The number of aliphatic hydroxyl groups excluding tert-OH is 2. The number of pyridine rings is 2. The Balaban J connectivity index is 0.000000191. The predicted molar refractivity (Wildman–Crippen MR) is 253 cm³/mol. The lowest BCUT2D eigenvalue weighted by Gasteiger charge is -2.21. The van der Waals surface area contributed by atoms with Crippen molar-refractivity contribution in [1.29, 1.82) is 0 Å². The number of aromatic nitrogens is 10. The Morgan fingerprint density at radius 1 is 0.708 bits per heavy atom. The van der Waals surface area contributed by atoms with Crippen molar-refractivity contribution in [2.75, 3.05) is 51.0 Å². The molecule has 65 heavy (non-hydrogen) atoms. The van der Waals surface area contributed by atoms with Crippen molar-refractivity contribution < 1.29 is 24.9 Å². The van der Waals surface area contributed by atoms with Crippen LogP contribution in [0, 0.1) is 10.8 Å². The fourth-order valence-corrected chi connectivity index (χ4v) is 6.77. The van der Waals surface area contributed by atoms with E-state index >= 15 is 0 Å². The number of hydrogen-bond acceptors (Lipinski definition) is 13. The Bertz CT molecular complexity index is 2950. The van der Waals surface area contributed by atoms with Crippen LogP contribution in [0.25, 0.3) is 55.9 Å². The summed E-state index contributed by atoms with van der Waals surface area (Å²) >= 11 is 0. The number of carbonyl (C=O) groups excluding carboxylic acids is 1. The van der Waals surface area contributed by atoms with Gasteiger partial charge in [0.2, 0.25) is 0 Å². The number of nitrogens with zero attached hydrogens (tertiary/aromatic N) is 10. The van der Waals surface area contributed by atoms with E-state index in [1.165, 1.54) is 16.9 Å². The first-order valence-electron chi connectivity index (χ1n) is 21.4. The van der Waals surface area contributed by atoms with Gasteiger partial charge in [-0.2, -0.15) is 19.2 Å². The highest BCUT2D eigenvalue weighted by molar-refractivity contribution is 6.01. The Labute approximate surface area is 376 Å². The second-order valence-electron chi connectivity index (χ2n) is 17.8. The SMILES string of the molecule is CC(C)(CN)CO.CNc1cc(-c2cn(C(C)C)c3ncccc23)nc2c(C(=O)NCC(C)(C)CO)cnn12.CNc1cc(-c2cn(C(C)C)c3ncccc23)nc2c(C(=O)O)cnn12. The van der Waals surface area contributed by atoms with Gasteiger partial charge in [-0.05, 0) is 58.5 Å². The molecule has 19 nitrogen and oxygen atoms in total. The summed E-state index contributed by atoms with van der Waals surface area (Å²) in [6.07, 6.45) is 10.5. The molecule has 0 saturated carbocycles. The number of rotatable bonds is 13. The van der Waals surface area contributed by atoms with Crippen molar-refractivity contribution in [3.05, 3.63) is 84.7 Å². The maximum absolute atomic E-state index is 12.9. The third-order valence-corrected chi connectivity index (χ3v) is 10.9. The molecule has 8 N–H and O–H groups in total. The molecule has 0 unspecified atom stereocenters. The minimum absolute atomic E-state index is 0.0255. The highest BCUT2D eigenvalue weighted by Crippen LogP contribution is 2.34. The zero-order chi connectivity index (χ0) is 47.4. The molecule has 0 saturated heterocycles. The number of anilines is 2. The van der Waals surface area contributed by atoms with Gasteiger partial charge in [0, 0.05) is 116 Å². The summed E-state index contributed by atoms with van der Waals surface area (Å²) in [6, 6.07) is 12.1. The average Bonchev–Trinajstić information content (AvgIpc) is 4.11. The third kappa shape index (κ3) is 9.91. The molecule has 8 heterocycles. The second-order valence-corrected chi connectivity index (χ2v) is 17.8. The lowest BCUT2D eigenvalue weighted by Crippen LogP contribution is -2.36. The van der Waals surface area contributed by atoms with Crippen LogP contribution in [0.1, 0.15) is 88.2 Å². The molecule has 8 rings (SSSR count). The van der Waals surface area contributed by atoms with Crippen molar-refractivity contribution in [3.63, 3.8) is 0 Å². The number of carboxylic acids is 1. The highest BCUT2D eigenvalue weighted by Gasteiger charge is 2.24. The lowest BCUT2D eigenvalue weighted by atomic mass is 9.95. The van der Waals surface area contributed by atoms with Crippen molar-refractivity contribution >= 4 is 56.9 Å². The number of amides is 1. The van der Waals surface area contributed by atoms with Crippen LogP contribution in [0.2, 0.25) is 0 Å². The van der Waals surface area contributed by atoms with Crippen LogP contribution in [-0.2, 0) is 0 Å². The van der Waals surface area contributed by atoms with Crippen molar-refractivity contribution in [2.24, 2.45) is 16.6 Å². The quantitative estimate of drug-likeness (QED) is 0.0686. The van der Waals surface area contributed by atoms with Gasteiger partial charge < -0.3 is 46.1 Å². The molecule has 0 atom stereocenters. The number of fused-ring (bicyclic) bond motifs is 4. The Morgan fingerprint density at radius 3 is 1.54 bits per heavy atom. The van der Waals surface area contributed by atoms with Crippen LogP contribution in [0.4, 0.5) is 11.6 Å². The lowest BCUT2D eigenvalue weighted by molar-refractivity contribution is 0.0698. The van der Waals surface area contributed by atoms with Gasteiger partial charge in [0.1, 0.15) is 34.1 Å². The minimum atomic E-state index is -1.06. The van der Waals surface area contributed by atoms with Crippen LogP contribution < -0.4 is 21.7 Å². The number of nitrogens with two attached hydrogens (primary N) is 1. The Morgan fingerprint density at radius 2 is 1.15 bits per heavy atom. The molecule has 0 bridgehead atoms. The summed E-state index contributed by atoms with van der Waals surface area (Å²) in [5, 5.41) is 47.0. The molecule has 0 aromatic carbocycles. The van der Waals surface area contributed by atoms with E-state index in [-0.39, 0.29) is 42.2 Å². The highest BCUT2D eigenvalue weighted by atomic mass is 16.4. The first kappa shape index (κ1) is 47.5. The van der Waals surface area contributed by atoms with Crippen LogP contribution >= 0.6 is 0 Å². The van der Waals surface area contributed by atoms with Gasteiger partial charge >= 0.3 is 5.97 Å². The van der Waals surface area contributed by atoms with Gasteiger partial charge in [-0.25, -0.2) is 24.7 Å². The molecule has 0 aliphatic carbocycles. The van der Waals surface area contributed by atoms with E-state index in [1.54, 1.807) is 24.0 Å². The number of carbonyl (C=O) groups is 2. The number of carboxylic acid groups (broad SMARTS) is 1. The number of nitrogens with one attached hydrogen (secondary N) is 3. The van der Waals surface area contributed by atoms with Gasteiger partial charge in [-0.1, -0.05) is 27.7 Å². The molecule has 0 radical (unpaired) electrons. The molecular formula is C46H60N14O5. The van der Waals surface area contributed by atoms with E-state index in [9.17, 15) is 19.8 Å². The first-order chi connectivity index (χ1) is 30.9. The Hall–Kier alpha value is -6.96. The number of hydrogen-bond donors (Lipinski definition) is 7. The second kappa shape index (κ2) is 19.4. The summed E-state index contributed by atoms with van der Waals surface area (Å²) in [6.45, 7) is 17.1. The van der Waals surface area contributed by atoms with Gasteiger partial charge in [-0.3, -0.25) is 4.79 Å². The van der Waals surface area contributed by atoms with E-state index in [0.29, 0.717) is 47.3 Å². The normalized spacial score (nSPS) is 11.9. The molecular weight excluding hydrogens is 829 g/mol. The van der Waals surface area contributed by atoms with Gasteiger partial charge in [0.25, 0.3) is 5.91 Å². The standard InChI is InChI=1S/C23H29N7O2.C18H18N6O2.C5H13NO/c1-14(2)29-11-17(15-7-6-8-25-20(15)29)18-9-19(24-5)30-21(28-18)16(10-27-30)22(32)26-12-23(3,4)13-31;1-10(2)23-9-13(11-5-4-6-20-16(11)23)14-7-15(19-3)24-17(22-14)12(8-21-24)18(25)26;1-5(2,3-6)4-7/h6-11,14,24,31H,12-13H2,1-5H3,(H,26,32);4-10,19H,1-3H3,(H,25,26);7H,3-4,6H2,1-2H3. The first-order valence-corrected chi connectivity index (χ1v) is 21.4. The van der Waals surface area contributed by atoms with Crippen LogP contribution in [0.5, 0.6) is 0 Å². The molecule has 344 valence electrons. The molecule has 19 heteroatoms. The predicted octanol–water partition coefficient (Wildman–Crippen LogP) is 6.15. The largest absolute Gasteiger partial charge is 0.477 e. The number of aromatic carboxylic acids is 1. The fraction of sp³-hybridized carbons (Fsp3) is 0.391. The molecule has 0 spiro atoms. The van der Waals surface area contributed by atoms with Gasteiger partial charge in [0.05, 0.1) is 23.8 Å². The van der Waals surface area contributed by atoms with E-state index in [0.717, 1.165) is 38.9 Å². The summed E-state index contributed by atoms with van der Waals surface area (Å²) in [7, 11) is 3.57. The Kier molecular flexibility index (Phi) is 14.2. The van der Waals surface area contributed by atoms with E-state index in [1.807, 2.05) is 77.3 Å². The molecule has 8 aromatic rings. The average molecular weight is 889 g/mol. The van der Waals surface area contributed by atoms with Crippen LogP contribution in [0.3, 0.4) is 0 Å². The van der Waals surface area contributed by atoms with Gasteiger partial charge in [-0.15, -0.1) is 0 Å². The minimum Gasteiger partial charge on any atom is -0.477 e. The van der Waals surface area contributed by atoms with E-state index < -0.39 is 11.4 Å². The summed E-state index contributed by atoms with van der Waals surface area (Å²) in [5.74, 6) is 0.0402. The van der Waals surface area contributed by atoms with Crippen molar-refractivity contribution in [1.82, 2.24) is 53.6 Å². The summed E-state index contributed by atoms with van der Waals surface area (Å²) in [4.78, 5) is 42.9. The maximum atomic E-state index is 12.9. The summed E-state index contributed by atoms with van der Waals surface area (Å²) in [5.41, 5.74) is 11.0. The maximum Gasteiger partial charge on any atom is 0.341 e. The topological polar surface area (TPSA) is 253 Å². The van der Waals surface area contributed by atoms with Crippen molar-refractivity contribution in [3.8, 4) is 22.5 Å². The van der Waals surface area contributed by atoms with Crippen LogP contribution in [0.15, 0.2) is 73.6 Å². The fourth-order valence-electron chi connectivity index (χ4n) is 6.77. The molecule has 0 fully saturated rings. The number of aliphatic hydroxyl groups is 2. The molecule has 0 aliphatic heterocycles. The monoisotopic (exact) mass is 888 g/mol. The van der Waals surface area contributed by atoms with E-state index in [4.69, 9.17) is 15.8 Å².